The van der Waals surface area contributed by atoms with Crippen LogP contribution in [-0.4, -0.2) is 44.4 Å². The summed E-state index contributed by atoms with van der Waals surface area (Å²) in [5, 5.41) is 14.5. The van der Waals surface area contributed by atoms with Gasteiger partial charge in [0.2, 0.25) is 0 Å². The van der Waals surface area contributed by atoms with Crippen molar-refractivity contribution in [1.29, 1.82) is 0 Å². The van der Waals surface area contributed by atoms with E-state index in [1.807, 2.05) is 4.68 Å². The molecule has 2 aromatic rings. The third-order valence-electron chi connectivity index (χ3n) is 4.20. The zero-order valence-corrected chi connectivity index (χ0v) is 12.5. The maximum atomic E-state index is 12.9. The summed E-state index contributed by atoms with van der Waals surface area (Å²) in [4.78, 5) is 6.25. The highest BCUT2D eigenvalue weighted by molar-refractivity contribution is 5.18. The highest BCUT2D eigenvalue weighted by Gasteiger charge is 2.22. The first kappa shape index (κ1) is 15.1. The molecular weight excluding hydrogens is 283 g/mol. The van der Waals surface area contributed by atoms with Gasteiger partial charge in [-0.2, -0.15) is 5.10 Å². The minimum atomic E-state index is -0.578. The van der Waals surface area contributed by atoms with Gasteiger partial charge in [-0.1, -0.05) is 12.1 Å². The Morgan fingerprint density at radius 2 is 2.14 bits per heavy atom. The van der Waals surface area contributed by atoms with E-state index in [0.717, 1.165) is 31.6 Å². The average Bonchev–Trinajstić information content (AvgIpc) is 3.01. The molecule has 1 N–H and O–H groups in total. The SMILES string of the molecule is OC(CN1CCCC(Cn2cncn2)C1)c1ccc(F)cc1. The fraction of sp³-hybridized carbons (Fsp3) is 0.500. The molecule has 6 heteroatoms. The Hall–Kier alpha value is -1.79. The molecule has 2 atom stereocenters. The molecule has 1 aromatic carbocycles. The van der Waals surface area contributed by atoms with Crippen LogP contribution in [-0.2, 0) is 6.54 Å². The number of hydrogen-bond donors (Lipinski definition) is 1. The fourth-order valence-electron chi connectivity index (χ4n) is 3.09. The van der Waals surface area contributed by atoms with Gasteiger partial charge >= 0.3 is 0 Å². The predicted octanol–water partition coefficient (Wildman–Crippen LogP) is 1.86. The fourth-order valence-corrected chi connectivity index (χ4v) is 3.09. The van der Waals surface area contributed by atoms with Crippen molar-refractivity contribution in [2.24, 2.45) is 5.92 Å². The summed E-state index contributed by atoms with van der Waals surface area (Å²) >= 11 is 0. The van der Waals surface area contributed by atoms with E-state index in [-0.39, 0.29) is 5.82 Å². The van der Waals surface area contributed by atoms with E-state index in [0.29, 0.717) is 12.5 Å². The summed E-state index contributed by atoms with van der Waals surface area (Å²) in [7, 11) is 0. The maximum Gasteiger partial charge on any atom is 0.137 e. The Morgan fingerprint density at radius 1 is 1.32 bits per heavy atom. The summed E-state index contributed by atoms with van der Waals surface area (Å²) in [6, 6.07) is 6.08. The molecule has 5 nitrogen and oxygen atoms in total. The molecule has 1 aromatic heterocycles. The standard InChI is InChI=1S/C16H21FN4O/c17-15-5-3-14(4-6-15)16(22)10-20-7-1-2-13(8-20)9-21-12-18-11-19-21/h3-6,11-13,16,22H,1-2,7-10H2. The average molecular weight is 304 g/mol. The predicted molar refractivity (Wildman–Crippen MR) is 80.5 cm³/mol. The number of β-amino-alcohol motifs (C(OH)–C–C–N with tert-alkyl or cyclic N) is 1. The number of halogens is 1. The molecule has 2 unspecified atom stereocenters. The van der Waals surface area contributed by atoms with Crippen LogP contribution in [0.15, 0.2) is 36.9 Å². The second-order valence-corrected chi connectivity index (χ2v) is 5.95. The number of likely N-dealkylation sites (tertiary alicyclic amines) is 1. The van der Waals surface area contributed by atoms with Gasteiger partial charge in [0.05, 0.1) is 6.10 Å². The van der Waals surface area contributed by atoms with Crippen LogP contribution in [0.2, 0.25) is 0 Å². The first-order valence-electron chi connectivity index (χ1n) is 7.69. The molecule has 1 aliphatic rings. The molecule has 0 aliphatic carbocycles. The Bertz CT molecular complexity index is 572. The Kier molecular flexibility index (Phi) is 4.80. The number of aliphatic hydroxyl groups excluding tert-OH is 1. The minimum Gasteiger partial charge on any atom is -0.387 e. The quantitative estimate of drug-likeness (QED) is 0.916. The van der Waals surface area contributed by atoms with Crippen molar-refractivity contribution in [1.82, 2.24) is 19.7 Å². The lowest BCUT2D eigenvalue weighted by Crippen LogP contribution is -2.39. The molecule has 0 bridgehead atoms. The minimum absolute atomic E-state index is 0.276. The number of benzene rings is 1. The van der Waals surface area contributed by atoms with E-state index in [9.17, 15) is 9.50 Å². The van der Waals surface area contributed by atoms with Crippen LogP contribution in [0.25, 0.3) is 0 Å². The van der Waals surface area contributed by atoms with Crippen LogP contribution in [0.1, 0.15) is 24.5 Å². The van der Waals surface area contributed by atoms with Crippen LogP contribution in [0.5, 0.6) is 0 Å². The number of hydrogen-bond acceptors (Lipinski definition) is 4. The molecule has 0 radical (unpaired) electrons. The lowest BCUT2D eigenvalue weighted by atomic mass is 9.97. The molecule has 1 fully saturated rings. The van der Waals surface area contributed by atoms with E-state index >= 15 is 0 Å². The molecule has 1 aliphatic heterocycles. The van der Waals surface area contributed by atoms with Crippen LogP contribution in [0.3, 0.4) is 0 Å². The Labute approximate surface area is 129 Å². The summed E-state index contributed by atoms with van der Waals surface area (Å²) in [5.41, 5.74) is 0.764. The summed E-state index contributed by atoms with van der Waals surface area (Å²) in [6.45, 7) is 3.38. The molecular formula is C16H21FN4O. The zero-order chi connectivity index (χ0) is 15.4. The largest absolute Gasteiger partial charge is 0.387 e. The van der Waals surface area contributed by atoms with Gasteiger partial charge in [-0.3, -0.25) is 4.68 Å². The van der Waals surface area contributed by atoms with Gasteiger partial charge in [-0.15, -0.1) is 0 Å². The molecule has 3 rings (SSSR count). The van der Waals surface area contributed by atoms with Crippen molar-refractivity contribution in [2.75, 3.05) is 19.6 Å². The molecule has 0 amide bonds. The molecule has 1 saturated heterocycles. The van der Waals surface area contributed by atoms with E-state index < -0.39 is 6.10 Å². The number of piperidine rings is 1. The van der Waals surface area contributed by atoms with Crippen molar-refractivity contribution in [3.8, 4) is 0 Å². The third-order valence-corrected chi connectivity index (χ3v) is 4.20. The lowest BCUT2D eigenvalue weighted by Gasteiger charge is -2.33. The van der Waals surface area contributed by atoms with Gasteiger partial charge in [-0.05, 0) is 43.0 Å². The molecule has 0 saturated carbocycles. The van der Waals surface area contributed by atoms with Gasteiger partial charge in [-0.25, -0.2) is 9.37 Å². The van der Waals surface area contributed by atoms with Gasteiger partial charge in [0.15, 0.2) is 0 Å². The van der Waals surface area contributed by atoms with Crippen molar-refractivity contribution in [3.63, 3.8) is 0 Å². The normalized spacial score (nSPS) is 20.9. The van der Waals surface area contributed by atoms with Crippen molar-refractivity contribution >= 4 is 0 Å². The van der Waals surface area contributed by atoms with Crippen LogP contribution in [0.4, 0.5) is 4.39 Å². The van der Waals surface area contributed by atoms with Gasteiger partial charge in [0.1, 0.15) is 18.5 Å². The van der Waals surface area contributed by atoms with Crippen LogP contribution in [0, 0.1) is 11.7 Å². The molecule has 22 heavy (non-hydrogen) atoms. The number of aliphatic hydroxyl groups is 1. The van der Waals surface area contributed by atoms with E-state index in [1.165, 1.54) is 18.6 Å². The highest BCUT2D eigenvalue weighted by Crippen LogP contribution is 2.21. The van der Waals surface area contributed by atoms with E-state index in [1.54, 1.807) is 24.8 Å². The second kappa shape index (κ2) is 6.98. The van der Waals surface area contributed by atoms with Crippen LogP contribution >= 0.6 is 0 Å². The highest BCUT2D eigenvalue weighted by atomic mass is 19.1. The third kappa shape index (κ3) is 3.90. The topological polar surface area (TPSA) is 54.2 Å². The van der Waals surface area contributed by atoms with Gasteiger partial charge < -0.3 is 10.0 Å². The Balaban J connectivity index is 1.54. The summed E-state index contributed by atoms with van der Waals surface area (Å²) in [5.74, 6) is 0.248. The molecule has 2 heterocycles. The number of rotatable bonds is 5. The van der Waals surface area contributed by atoms with E-state index in [4.69, 9.17) is 0 Å². The summed E-state index contributed by atoms with van der Waals surface area (Å²) in [6.07, 6.45) is 5.01. The van der Waals surface area contributed by atoms with Gasteiger partial charge in [0.25, 0.3) is 0 Å². The number of aromatic nitrogens is 3. The molecule has 118 valence electrons. The zero-order valence-electron chi connectivity index (χ0n) is 12.5. The van der Waals surface area contributed by atoms with E-state index in [2.05, 4.69) is 15.0 Å². The van der Waals surface area contributed by atoms with Crippen molar-refractivity contribution in [3.05, 3.63) is 48.3 Å². The van der Waals surface area contributed by atoms with Gasteiger partial charge in [0, 0.05) is 19.6 Å². The number of nitrogens with zero attached hydrogens (tertiary/aromatic N) is 4. The van der Waals surface area contributed by atoms with Crippen LogP contribution < -0.4 is 0 Å². The first-order valence-corrected chi connectivity index (χ1v) is 7.69. The first-order chi connectivity index (χ1) is 10.7. The van der Waals surface area contributed by atoms with Crippen molar-refractivity contribution < 1.29 is 9.50 Å². The smallest absolute Gasteiger partial charge is 0.137 e. The second-order valence-electron chi connectivity index (χ2n) is 5.95. The lowest BCUT2D eigenvalue weighted by molar-refractivity contribution is 0.0799. The molecule has 0 spiro atoms. The maximum absolute atomic E-state index is 12.9. The van der Waals surface area contributed by atoms with Crippen molar-refractivity contribution in [2.45, 2.75) is 25.5 Å². The monoisotopic (exact) mass is 304 g/mol. The summed E-state index contributed by atoms with van der Waals surface area (Å²) < 4.78 is 14.8. The Morgan fingerprint density at radius 3 is 2.86 bits per heavy atom.